The smallest absolute Gasteiger partial charge is 0.268 e. The van der Waals surface area contributed by atoms with Gasteiger partial charge in [-0.1, -0.05) is 15.9 Å². The van der Waals surface area contributed by atoms with E-state index < -0.39 is 5.60 Å². The summed E-state index contributed by atoms with van der Waals surface area (Å²) in [6, 6.07) is 3.21. The number of hydrogen-bond acceptors (Lipinski definition) is 3. The summed E-state index contributed by atoms with van der Waals surface area (Å²) in [5, 5.41) is 12.2. The molecule has 1 aromatic carbocycles. The van der Waals surface area contributed by atoms with Gasteiger partial charge in [0.15, 0.2) is 5.60 Å². The molecule has 15 heavy (non-hydrogen) atoms. The van der Waals surface area contributed by atoms with Crippen molar-refractivity contribution in [3.05, 3.63) is 16.6 Å². The second-order valence-corrected chi connectivity index (χ2v) is 4.78. The van der Waals surface area contributed by atoms with Gasteiger partial charge in [-0.2, -0.15) is 0 Å². The van der Waals surface area contributed by atoms with Crippen LogP contribution in [0.4, 0.5) is 5.69 Å². The van der Waals surface area contributed by atoms with Gasteiger partial charge in [0.05, 0.1) is 0 Å². The van der Waals surface area contributed by atoms with Crippen molar-refractivity contribution in [2.75, 3.05) is 5.32 Å². The van der Waals surface area contributed by atoms with Crippen LogP contribution in [0, 0.1) is 0 Å². The van der Waals surface area contributed by atoms with Crippen LogP contribution in [0.25, 0.3) is 0 Å². The molecule has 1 aromatic rings. The van der Waals surface area contributed by atoms with Crippen molar-refractivity contribution < 1.29 is 14.6 Å². The lowest BCUT2D eigenvalue weighted by Gasteiger charge is -2.31. The van der Waals surface area contributed by atoms with E-state index in [9.17, 15) is 9.90 Å². The number of amides is 1. The average molecular weight is 272 g/mol. The second kappa shape index (κ2) is 3.13. The maximum absolute atomic E-state index is 11.6. The third kappa shape index (κ3) is 1.67. The number of benzene rings is 1. The van der Waals surface area contributed by atoms with E-state index in [2.05, 4.69) is 21.2 Å². The lowest BCUT2D eigenvalue weighted by Crippen LogP contribution is -2.45. The average Bonchev–Trinajstić information content (AvgIpc) is 2.08. The second-order valence-electron chi connectivity index (χ2n) is 3.86. The van der Waals surface area contributed by atoms with Crippen molar-refractivity contribution in [2.45, 2.75) is 19.4 Å². The maximum atomic E-state index is 11.6. The molecular formula is C10H10BrNO3. The number of phenolic OH excluding ortho intramolecular Hbond substituents is 1. The predicted octanol–water partition coefficient (Wildman–Crippen LogP) is 2.26. The van der Waals surface area contributed by atoms with E-state index in [4.69, 9.17) is 4.74 Å². The number of aromatic hydroxyl groups is 1. The summed E-state index contributed by atoms with van der Waals surface area (Å²) in [5.74, 6) is 0.183. The minimum Gasteiger partial charge on any atom is -0.506 e. The van der Waals surface area contributed by atoms with Crippen LogP contribution in [0.2, 0.25) is 0 Å². The zero-order chi connectivity index (χ0) is 11.2. The van der Waals surface area contributed by atoms with Crippen molar-refractivity contribution in [1.82, 2.24) is 0 Å². The number of rotatable bonds is 0. The Hall–Kier alpha value is -1.23. The zero-order valence-corrected chi connectivity index (χ0v) is 9.88. The van der Waals surface area contributed by atoms with E-state index in [1.165, 1.54) is 6.07 Å². The molecule has 0 saturated heterocycles. The normalized spacial score (nSPS) is 17.7. The Labute approximate surface area is 95.4 Å². The number of carbonyl (C=O) groups excluding carboxylic acids is 1. The molecule has 0 bridgehead atoms. The van der Waals surface area contributed by atoms with Crippen LogP contribution in [0.15, 0.2) is 16.6 Å². The molecule has 4 nitrogen and oxygen atoms in total. The molecule has 0 unspecified atom stereocenters. The van der Waals surface area contributed by atoms with Crippen molar-refractivity contribution >= 4 is 27.5 Å². The van der Waals surface area contributed by atoms with E-state index in [0.29, 0.717) is 15.9 Å². The zero-order valence-electron chi connectivity index (χ0n) is 8.30. The van der Waals surface area contributed by atoms with Gasteiger partial charge in [0, 0.05) is 4.47 Å². The number of ether oxygens (including phenoxy) is 1. The summed E-state index contributed by atoms with van der Waals surface area (Å²) >= 11 is 3.24. The Bertz CT molecular complexity index is 443. The van der Waals surface area contributed by atoms with Gasteiger partial charge in [-0.05, 0) is 26.0 Å². The molecule has 1 amide bonds. The Kier molecular flexibility index (Phi) is 2.15. The number of hydrogen-bond donors (Lipinski definition) is 2. The van der Waals surface area contributed by atoms with Crippen LogP contribution >= 0.6 is 15.9 Å². The standard InChI is InChI=1S/C10H10BrNO3/c1-10(2)9(14)12-8-6(13)3-5(11)4-7(8)15-10/h3-4,13H,1-2H3,(H,12,14). The SMILES string of the molecule is CC1(C)Oc2cc(Br)cc(O)c2NC1=O. The fourth-order valence-corrected chi connectivity index (χ4v) is 1.78. The molecule has 0 spiro atoms. The predicted molar refractivity (Wildman–Crippen MR) is 59.1 cm³/mol. The van der Waals surface area contributed by atoms with Gasteiger partial charge in [0.25, 0.3) is 5.91 Å². The van der Waals surface area contributed by atoms with Crippen LogP contribution in [0.1, 0.15) is 13.8 Å². The van der Waals surface area contributed by atoms with E-state index >= 15 is 0 Å². The maximum Gasteiger partial charge on any atom is 0.268 e. The Morgan fingerprint density at radius 2 is 2.13 bits per heavy atom. The first kappa shape index (κ1) is 10.3. The van der Waals surface area contributed by atoms with E-state index in [1.54, 1.807) is 19.9 Å². The summed E-state index contributed by atoms with van der Waals surface area (Å²) in [7, 11) is 0. The van der Waals surface area contributed by atoms with Crippen molar-refractivity contribution in [3.8, 4) is 11.5 Å². The van der Waals surface area contributed by atoms with Gasteiger partial charge >= 0.3 is 0 Å². The molecule has 0 aromatic heterocycles. The van der Waals surface area contributed by atoms with E-state index in [0.717, 1.165) is 0 Å². The molecule has 2 rings (SSSR count). The number of halogens is 1. The van der Waals surface area contributed by atoms with Gasteiger partial charge in [0.1, 0.15) is 17.2 Å². The molecule has 0 atom stereocenters. The first-order valence-electron chi connectivity index (χ1n) is 4.43. The minimum absolute atomic E-state index is 0.0109. The summed E-state index contributed by atoms with van der Waals surface area (Å²) in [4.78, 5) is 11.6. The van der Waals surface area contributed by atoms with Crippen LogP contribution in [-0.2, 0) is 4.79 Å². The number of fused-ring (bicyclic) bond motifs is 1. The topological polar surface area (TPSA) is 58.6 Å². The number of phenols is 1. The minimum atomic E-state index is -0.916. The molecule has 0 fully saturated rings. The monoisotopic (exact) mass is 271 g/mol. The Morgan fingerprint density at radius 1 is 1.47 bits per heavy atom. The Morgan fingerprint density at radius 3 is 2.80 bits per heavy atom. The van der Waals surface area contributed by atoms with Crippen LogP contribution in [0.3, 0.4) is 0 Å². The number of nitrogens with one attached hydrogen (secondary N) is 1. The number of anilines is 1. The first-order chi connectivity index (χ1) is 6.90. The van der Waals surface area contributed by atoms with Crippen molar-refractivity contribution in [3.63, 3.8) is 0 Å². The Balaban J connectivity index is 2.55. The number of carbonyl (C=O) groups is 1. The van der Waals surface area contributed by atoms with Crippen LogP contribution in [0.5, 0.6) is 11.5 Å². The lowest BCUT2D eigenvalue weighted by atomic mass is 10.1. The summed E-state index contributed by atoms with van der Waals surface area (Å²) in [6.07, 6.45) is 0. The first-order valence-corrected chi connectivity index (χ1v) is 5.22. The van der Waals surface area contributed by atoms with Gasteiger partial charge in [0.2, 0.25) is 0 Å². The van der Waals surface area contributed by atoms with Crippen LogP contribution in [-0.4, -0.2) is 16.6 Å². The molecule has 0 aliphatic carbocycles. The van der Waals surface area contributed by atoms with Gasteiger partial charge in [-0.3, -0.25) is 4.79 Å². The molecule has 1 aliphatic rings. The molecule has 5 heteroatoms. The highest BCUT2D eigenvalue weighted by Crippen LogP contribution is 2.41. The van der Waals surface area contributed by atoms with Gasteiger partial charge in [-0.25, -0.2) is 0 Å². The molecule has 0 radical (unpaired) electrons. The largest absolute Gasteiger partial charge is 0.506 e. The molecule has 0 saturated carbocycles. The van der Waals surface area contributed by atoms with Gasteiger partial charge in [-0.15, -0.1) is 0 Å². The van der Waals surface area contributed by atoms with Crippen molar-refractivity contribution in [2.24, 2.45) is 0 Å². The highest BCUT2D eigenvalue weighted by Gasteiger charge is 2.36. The van der Waals surface area contributed by atoms with Gasteiger partial charge < -0.3 is 15.2 Å². The lowest BCUT2D eigenvalue weighted by molar-refractivity contribution is -0.129. The third-order valence-electron chi connectivity index (χ3n) is 2.20. The van der Waals surface area contributed by atoms with E-state index in [-0.39, 0.29) is 11.7 Å². The third-order valence-corrected chi connectivity index (χ3v) is 2.65. The molecule has 2 N–H and O–H groups in total. The van der Waals surface area contributed by atoms with Crippen molar-refractivity contribution in [1.29, 1.82) is 0 Å². The molecule has 80 valence electrons. The summed E-state index contributed by atoms with van der Waals surface area (Å²) in [6.45, 7) is 3.34. The highest BCUT2D eigenvalue weighted by atomic mass is 79.9. The molecule has 1 heterocycles. The fraction of sp³-hybridized carbons (Fsp3) is 0.300. The molecular weight excluding hydrogens is 262 g/mol. The van der Waals surface area contributed by atoms with Crippen LogP contribution < -0.4 is 10.1 Å². The highest BCUT2D eigenvalue weighted by molar-refractivity contribution is 9.10. The summed E-state index contributed by atoms with van der Waals surface area (Å²) < 4.78 is 6.19. The van der Waals surface area contributed by atoms with E-state index in [1.807, 2.05) is 0 Å². The summed E-state index contributed by atoms with van der Waals surface area (Å²) in [5.41, 5.74) is -0.595. The quantitative estimate of drug-likeness (QED) is 0.712. The fourth-order valence-electron chi connectivity index (χ4n) is 1.36. The molecule has 1 aliphatic heterocycles.